The van der Waals surface area contributed by atoms with E-state index in [4.69, 9.17) is 28.3 Å². The first-order valence-corrected chi connectivity index (χ1v) is 7.88. The van der Waals surface area contributed by atoms with Crippen molar-refractivity contribution in [2.75, 3.05) is 6.54 Å². The van der Waals surface area contributed by atoms with E-state index in [2.05, 4.69) is 6.92 Å². The van der Waals surface area contributed by atoms with E-state index in [1.807, 2.05) is 4.31 Å². The van der Waals surface area contributed by atoms with E-state index < -0.39 is 11.5 Å². The Bertz CT molecular complexity index is 323. The number of hydrogen-bond donors (Lipinski definition) is 1. The van der Waals surface area contributed by atoms with Gasteiger partial charge < -0.3 is 5.11 Å². The number of carboxylic acids is 1. The van der Waals surface area contributed by atoms with Crippen molar-refractivity contribution in [3.05, 3.63) is 9.94 Å². The highest BCUT2D eigenvalue weighted by Crippen LogP contribution is 2.41. The summed E-state index contributed by atoms with van der Waals surface area (Å²) in [5, 5.41) is 9.18. The zero-order chi connectivity index (χ0) is 13.5. The minimum absolute atomic E-state index is 0.155. The summed E-state index contributed by atoms with van der Waals surface area (Å²) >= 11 is 13.1. The molecule has 18 heavy (non-hydrogen) atoms. The molecule has 0 spiro atoms. The lowest BCUT2D eigenvalue weighted by Crippen LogP contribution is -2.21. The Balaban J connectivity index is 2.24. The van der Waals surface area contributed by atoms with Crippen LogP contribution in [-0.2, 0) is 4.79 Å². The summed E-state index contributed by atoms with van der Waals surface area (Å²) in [7, 11) is 0. The minimum atomic E-state index is -0.999. The van der Waals surface area contributed by atoms with Crippen LogP contribution < -0.4 is 0 Å². The number of unbranched alkanes of at least 4 members (excludes halogenated alkanes) is 5. The van der Waals surface area contributed by atoms with Gasteiger partial charge in [0.15, 0.2) is 0 Å². The molecule has 3 nitrogen and oxygen atoms in total. The molecule has 0 saturated carbocycles. The first-order valence-electron chi connectivity index (χ1n) is 6.29. The monoisotopic (exact) mass is 311 g/mol. The molecule has 1 aliphatic rings. The first-order chi connectivity index (χ1) is 8.57. The zero-order valence-corrected chi connectivity index (χ0v) is 12.8. The number of rotatable bonds is 8. The smallest absolute Gasteiger partial charge is 0.344 e. The fraction of sp³-hybridized carbons (Fsp3) is 0.750. The van der Waals surface area contributed by atoms with Crippen molar-refractivity contribution in [1.29, 1.82) is 0 Å². The van der Waals surface area contributed by atoms with Gasteiger partial charge >= 0.3 is 5.97 Å². The molecule has 0 amide bonds. The summed E-state index contributed by atoms with van der Waals surface area (Å²) in [5.41, 5.74) is -0.501. The van der Waals surface area contributed by atoms with Crippen LogP contribution in [0.1, 0.15) is 45.4 Å². The van der Waals surface area contributed by atoms with Crippen molar-refractivity contribution >= 4 is 41.1 Å². The number of nitrogens with zero attached hydrogens (tertiary/aromatic N) is 1. The maximum Gasteiger partial charge on any atom is 0.344 e. The summed E-state index contributed by atoms with van der Waals surface area (Å²) in [6, 6.07) is 0. The van der Waals surface area contributed by atoms with Crippen molar-refractivity contribution in [3.8, 4) is 0 Å². The maximum absolute atomic E-state index is 10.9. The number of aliphatic carboxylic acids is 1. The summed E-state index contributed by atoms with van der Waals surface area (Å²) in [6.45, 7) is 2.97. The number of halogens is 2. The topological polar surface area (TPSA) is 40.5 Å². The number of alkyl halides is 1. The average molecular weight is 312 g/mol. The van der Waals surface area contributed by atoms with Gasteiger partial charge in [-0.25, -0.2) is 9.10 Å². The SMILES string of the molecule is CCCCCCCCN1SC(C(=O)O)=C(Cl)C1Cl. The van der Waals surface area contributed by atoms with E-state index >= 15 is 0 Å². The molecule has 0 aromatic rings. The molecule has 0 bridgehead atoms. The summed E-state index contributed by atoms with van der Waals surface area (Å²) in [4.78, 5) is 11.1. The van der Waals surface area contributed by atoms with E-state index in [-0.39, 0.29) is 9.94 Å². The van der Waals surface area contributed by atoms with Crippen LogP contribution in [0, 0.1) is 0 Å². The van der Waals surface area contributed by atoms with Crippen LogP contribution >= 0.6 is 35.1 Å². The molecular formula is C12H19Cl2NO2S. The Hall–Kier alpha value is 0.1000. The minimum Gasteiger partial charge on any atom is -0.477 e. The molecule has 6 heteroatoms. The van der Waals surface area contributed by atoms with Crippen LogP contribution in [0.15, 0.2) is 9.94 Å². The molecule has 1 unspecified atom stereocenters. The predicted molar refractivity (Wildman–Crippen MR) is 77.8 cm³/mol. The van der Waals surface area contributed by atoms with Crippen LogP contribution in [-0.4, -0.2) is 27.4 Å². The van der Waals surface area contributed by atoms with Gasteiger partial charge in [-0.05, 0) is 18.4 Å². The van der Waals surface area contributed by atoms with Crippen LogP contribution in [0.4, 0.5) is 0 Å². The van der Waals surface area contributed by atoms with Crippen molar-refractivity contribution in [2.24, 2.45) is 0 Å². The van der Waals surface area contributed by atoms with Crippen LogP contribution in [0.25, 0.3) is 0 Å². The lowest BCUT2D eigenvalue weighted by atomic mass is 10.1. The lowest BCUT2D eigenvalue weighted by Gasteiger charge is -2.18. The second-order valence-corrected chi connectivity index (χ2v) is 6.20. The molecule has 0 radical (unpaired) electrons. The summed E-state index contributed by atoms with van der Waals surface area (Å²) in [5.74, 6) is -0.999. The van der Waals surface area contributed by atoms with Crippen LogP contribution in [0.2, 0.25) is 0 Å². The van der Waals surface area contributed by atoms with E-state index in [1.54, 1.807) is 0 Å². The molecule has 0 aromatic heterocycles. The van der Waals surface area contributed by atoms with E-state index in [1.165, 1.54) is 25.7 Å². The Morgan fingerprint density at radius 3 is 2.50 bits per heavy atom. The van der Waals surface area contributed by atoms with E-state index in [0.717, 1.165) is 31.3 Å². The van der Waals surface area contributed by atoms with Gasteiger partial charge in [0, 0.05) is 6.54 Å². The third kappa shape index (κ3) is 4.65. The van der Waals surface area contributed by atoms with Crippen molar-refractivity contribution < 1.29 is 9.90 Å². The van der Waals surface area contributed by atoms with Crippen molar-refractivity contribution in [3.63, 3.8) is 0 Å². The van der Waals surface area contributed by atoms with Crippen LogP contribution in [0.5, 0.6) is 0 Å². The Morgan fingerprint density at radius 2 is 1.94 bits per heavy atom. The third-order valence-corrected chi connectivity index (χ3v) is 5.21. The molecule has 1 atom stereocenters. The Morgan fingerprint density at radius 1 is 1.33 bits per heavy atom. The number of hydrogen-bond acceptors (Lipinski definition) is 3. The maximum atomic E-state index is 10.9. The van der Waals surface area contributed by atoms with Crippen molar-refractivity contribution in [2.45, 2.75) is 50.9 Å². The largest absolute Gasteiger partial charge is 0.477 e. The standard InChI is InChI=1S/C12H19Cl2NO2S/c1-2-3-4-5-6-7-8-15-11(14)9(13)10(18-15)12(16)17/h11H,2-8H2,1H3,(H,16,17). The molecule has 0 fully saturated rings. The predicted octanol–water partition coefficient (Wildman–Crippen LogP) is 4.41. The fourth-order valence-corrected chi connectivity index (χ4v) is 3.47. The highest BCUT2D eigenvalue weighted by Gasteiger charge is 2.34. The number of carboxylic acid groups (broad SMARTS) is 1. The van der Waals surface area contributed by atoms with E-state index in [9.17, 15) is 4.79 Å². The summed E-state index contributed by atoms with van der Waals surface area (Å²) < 4.78 is 1.84. The van der Waals surface area contributed by atoms with Gasteiger partial charge in [-0.1, -0.05) is 62.2 Å². The van der Waals surface area contributed by atoms with Gasteiger partial charge in [0.1, 0.15) is 10.4 Å². The zero-order valence-electron chi connectivity index (χ0n) is 10.5. The van der Waals surface area contributed by atoms with Crippen LogP contribution in [0.3, 0.4) is 0 Å². The third-order valence-electron chi connectivity index (χ3n) is 2.81. The van der Waals surface area contributed by atoms with Gasteiger partial charge in [-0.15, -0.1) is 0 Å². The molecule has 0 aromatic carbocycles. The lowest BCUT2D eigenvalue weighted by molar-refractivity contribution is -0.131. The molecule has 0 saturated heterocycles. The van der Waals surface area contributed by atoms with E-state index in [0.29, 0.717) is 0 Å². The highest BCUT2D eigenvalue weighted by atomic mass is 35.5. The van der Waals surface area contributed by atoms with Gasteiger partial charge in [0.2, 0.25) is 0 Å². The molecule has 1 N–H and O–H groups in total. The fourth-order valence-electron chi connectivity index (χ4n) is 1.79. The van der Waals surface area contributed by atoms with Gasteiger partial charge in [0.05, 0.1) is 5.03 Å². The summed E-state index contributed by atoms with van der Waals surface area (Å²) in [6.07, 6.45) is 7.21. The molecule has 1 rings (SSSR count). The molecule has 0 aliphatic carbocycles. The average Bonchev–Trinajstić information content (AvgIpc) is 2.62. The van der Waals surface area contributed by atoms with Crippen molar-refractivity contribution in [1.82, 2.24) is 4.31 Å². The molecule has 1 heterocycles. The Kier molecular flexibility index (Phi) is 7.46. The van der Waals surface area contributed by atoms with Gasteiger partial charge in [-0.3, -0.25) is 0 Å². The quantitative estimate of drug-likeness (QED) is 0.312. The highest BCUT2D eigenvalue weighted by molar-refractivity contribution is 8.02. The molecule has 104 valence electrons. The van der Waals surface area contributed by atoms with Gasteiger partial charge in [-0.2, -0.15) is 0 Å². The van der Waals surface area contributed by atoms with Gasteiger partial charge in [0.25, 0.3) is 0 Å². The second kappa shape index (κ2) is 8.31. The molecule has 1 aliphatic heterocycles. The molecular weight excluding hydrogens is 293 g/mol. The Labute approximate surface area is 123 Å². The first kappa shape index (κ1) is 16.2. The second-order valence-electron chi connectivity index (χ2n) is 4.32. The normalized spacial score (nSPS) is 20.7. The number of carbonyl (C=O) groups is 1.